The molecule has 0 aliphatic rings. The van der Waals surface area contributed by atoms with E-state index in [1.54, 1.807) is 32.2 Å². The van der Waals surface area contributed by atoms with Crippen LogP contribution in [0.25, 0.3) is 11.0 Å². The minimum Gasteiger partial charge on any atom is -0.351 e. The van der Waals surface area contributed by atoms with Gasteiger partial charge in [0.1, 0.15) is 0 Å². The molecule has 0 fully saturated rings. The summed E-state index contributed by atoms with van der Waals surface area (Å²) in [5.41, 5.74) is 0.250. The topological polar surface area (TPSA) is 96.0 Å². The van der Waals surface area contributed by atoms with Gasteiger partial charge in [0.2, 0.25) is 0 Å². The Hall–Kier alpha value is -2.41. The number of hydrogen-bond donors (Lipinski definition) is 3. The molecule has 7 heteroatoms. The van der Waals surface area contributed by atoms with E-state index >= 15 is 0 Å². The Bertz CT molecular complexity index is 776. The number of rotatable bonds is 5. The summed E-state index contributed by atoms with van der Waals surface area (Å²) in [6, 6.07) is 4.89. The molecule has 0 aliphatic heterocycles. The van der Waals surface area contributed by atoms with Gasteiger partial charge in [-0.2, -0.15) is 0 Å². The number of nitrogens with one attached hydrogen (secondary N) is 3. The quantitative estimate of drug-likeness (QED) is 0.518. The standard InChI is InChI=1S/C14H18N4O3/c1-3-18-11-5-4-9(12(19)16-7-6-15-2)8-10(11)17-13(20)14(18)21/h4-5,8,15H,3,6-7H2,1-2H3,(H,16,19)(H,17,20). The van der Waals surface area contributed by atoms with E-state index in [9.17, 15) is 14.4 Å². The summed E-state index contributed by atoms with van der Waals surface area (Å²) in [7, 11) is 1.80. The van der Waals surface area contributed by atoms with E-state index < -0.39 is 11.1 Å². The second-order valence-corrected chi connectivity index (χ2v) is 4.59. The summed E-state index contributed by atoms with van der Waals surface area (Å²) in [4.78, 5) is 37.8. The smallest absolute Gasteiger partial charge is 0.316 e. The van der Waals surface area contributed by atoms with Crippen molar-refractivity contribution < 1.29 is 4.79 Å². The Balaban J connectivity index is 2.43. The number of likely N-dealkylation sites (N-methyl/N-ethyl adjacent to an activating group) is 1. The Morgan fingerprint density at radius 2 is 2.05 bits per heavy atom. The van der Waals surface area contributed by atoms with Crippen molar-refractivity contribution in [2.75, 3.05) is 20.1 Å². The number of nitrogens with zero attached hydrogens (tertiary/aromatic N) is 1. The number of aromatic nitrogens is 2. The van der Waals surface area contributed by atoms with Crippen LogP contribution in [0, 0.1) is 0 Å². The number of aromatic amines is 1. The van der Waals surface area contributed by atoms with Crippen LogP contribution in [0.3, 0.4) is 0 Å². The summed E-state index contributed by atoms with van der Waals surface area (Å²) < 4.78 is 1.39. The van der Waals surface area contributed by atoms with Crippen molar-refractivity contribution in [1.29, 1.82) is 0 Å². The van der Waals surface area contributed by atoms with Crippen molar-refractivity contribution in [2.24, 2.45) is 0 Å². The first kappa shape index (κ1) is 15.0. The van der Waals surface area contributed by atoms with E-state index in [4.69, 9.17) is 0 Å². The van der Waals surface area contributed by atoms with Crippen molar-refractivity contribution in [2.45, 2.75) is 13.5 Å². The molecule has 0 saturated heterocycles. The molecule has 1 amide bonds. The van der Waals surface area contributed by atoms with Crippen LogP contribution in [0.15, 0.2) is 27.8 Å². The SMILES string of the molecule is CCn1c(=O)c(=O)[nH]c2cc(C(=O)NCCNC)ccc21. The average molecular weight is 290 g/mol. The van der Waals surface area contributed by atoms with Gasteiger partial charge in [-0.05, 0) is 32.2 Å². The first-order chi connectivity index (χ1) is 10.1. The lowest BCUT2D eigenvalue weighted by molar-refractivity contribution is 0.0954. The lowest BCUT2D eigenvalue weighted by atomic mass is 10.1. The Morgan fingerprint density at radius 1 is 1.29 bits per heavy atom. The highest BCUT2D eigenvalue weighted by atomic mass is 16.2. The molecule has 0 atom stereocenters. The van der Waals surface area contributed by atoms with Gasteiger partial charge in [0.05, 0.1) is 11.0 Å². The zero-order chi connectivity index (χ0) is 15.4. The molecule has 112 valence electrons. The van der Waals surface area contributed by atoms with Crippen molar-refractivity contribution in [3.05, 3.63) is 44.5 Å². The maximum atomic E-state index is 12.0. The molecule has 7 nitrogen and oxygen atoms in total. The van der Waals surface area contributed by atoms with Crippen LogP contribution in [0.2, 0.25) is 0 Å². The fourth-order valence-corrected chi connectivity index (χ4v) is 2.14. The molecule has 1 aromatic carbocycles. The molecular formula is C14H18N4O3. The highest BCUT2D eigenvalue weighted by Gasteiger charge is 2.10. The number of carbonyl (C=O) groups excluding carboxylic acids is 1. The minimum absolute atomic E-state index is 0.220. The van der Waals surface area contributed by atoms with Crippen molar-refractivity contribution in [3.63, 3.8) is 0 Å². The molecule has 0 aliphatic carbocycles. The van der Waals surface area contributed by atoms with Gasteiger partial charge in [-0.3, -0.25) is 14.4 Å². The van der Waals surface area contributed by atoms with Gasteiger partial charge in [0.15, 0.2) is 0 Å². The third-order valence-electron chi connectivity index (χ3n) is 3.21. The van der Waals surface area contributed by atoms with Gasteiger partial charge < -0.3 is 20.2 Å². The van der Waals surface area contributed by atoms with E-state index in [1.807, 2.05) is 0 Å². The van der Waals surface area contributed by atoms with Crippen LogP contribution in [-0.2, 0) is 6.54 Å². The Kier molecular flexibility index (Phi) is 4.54. The van der Waals surface area contributed by atoms with Gasteiger partial charge in [-0.25, -0.2) is 0 Å². The predicted octanol–water partition coefficient (Wildman–Crippen LogP) is -0.341. The van der Waals surface area contributed by atoms with Gasteiger partial charge in [-0.1, -0.05) is 0 Å². The normalized spacial score (nSPS) is 10.8. The monoisotopic (exact) mass is 290 g/mol. The Labute approximate surface area is 121 Å². The molecular weight excluding hydrogens is 272 g/mol. The number of fused-ring (bicyclic) bond motifs is 1. The fourth-order valence-electron chi connectivity index (χ4n) is 2.14. The number of benzene rings is 1. The molecule has 0 unspecified atom stereocenters. The first-order valence-corrected chi connectivity index (χ1v) is 6.78. The number of carbonyl (C=O) groups is 1. The molecule has 3 N–H and O–H groups in total. The molecule has 2 rings (SSSR count). The molecule has 21 heavy (non-hydrogen) atoms. The third kappa shape index (κ3) is 3.03. The highest BCUT2D eigenvalue weighted by molar-refractivity contribution is 5.97. The number of aryl methyl sites for hydroxylation is 1. The van der Waals surface area contributed by atoms with Gasteiger partial charge in [0, 0.05) is 25.2 Å². The summed E-state index contributed by atoms with van der Waals surface area (Å²) in [5, 5.41) is 5.69. The molecule has 2 aromatic rings. The molecule has 1 aromatic heterocycles. The first-order valence-electron chi connectivity index (χ1n) is 6.78. The minimum atomic E-state index is -0.683. The van der Waals surface area contributed by atoms with E-state index in [0.717, 1.165) is 0 Å². The molecule has 1 heterocycles. The third-order valence-corrected chi connectivity index (χ3v) is 3.21. The van der Waals surface area contributed by atoms with E-state index in [0.29, 0.717) is 36.2 Å². The van der Waals surface area contributed by atoms with Crippen molar-refractivity contribution in [3.8, 4) is 0 Å². The Morgan fingerprint density at radius 3 is 2.71 bits per heavy atom. The lowest BCUT2D eigenvalue weighted by Crippen LogP contribution is -2.36. The zero-order valence-corrected chi connectivity index (χ0v) is 12.0. The maximum absolute atomic E-state index is 12.0. The van der Waals surface area contributed by atoms with Crippen LogP contribution < -0.4 is 21.8 Å². The largest absolute Gasteiger partial charge is 0.351 e. The predicted molar refractivity (Wildman–Crippen MR) is 80.8 cm³/mol. The second kappa shape index (κ2) is 6.36. The van der Waals surface area contributed by atoms with Gasteiger partial charge in [-0.15, -0.1) is 0 Å². The molecule has 0 spiro atoms. The van der Waals surface area contributed by atoms with Gasteiger partial charge >= 0.3 is 11.1 Å². The van der Waals surface area contributed by atoms with E-state index in [2.05, 4.69) is 15.6 Å². The maximum Gasteiger partial charge on any atom is 0.316 e. The second-order valence-electron chi connectivity index (χ2n) is 4.59. The van der Waals surface area contributed by atoms with Crippen LogP contribution >= 0.6 is 0 Å². The van der Waals surface area contributed by atoms with Crippen molar-refractivity contribution in [1.82, 2.24) is 20.2 Å². The summed E-state index contributed by atoms with van der Waals surface area (Å²) in [5.74, 6) is -0.220. The average Bonchev–Trinajstić information content (AvgIpc) is 2.48. The van der Waals surface area contributed by atoms with Crippen LogP contribution in [-0.4, -0.2) is 35.6 Å². The highest BCUT2D eigenvalue weighted by Crippen LogP contribution is 2.11. The summed E-state index contributed by atoms with van der Waals surface area (Å²) in [6.45, 7) is 3.37. The summed E-state index contributed by atoms with van der Waals surface area (Å²) >= 11 is 0. The van der Waals surface area contributed by atoms with E-state index in [-0.39, 0.29) is 5.91 Å². The number of amides is 1. The zero-order valence-electron chi connectivity index (χ0n) is 12.0. The summed E-state index contributed by atoms with van der Waals surface area (Å²) in [6.07, 6.45) is 0. The van der Waals surface area contributed by atoms with Crippen molar-refractivity contribution >= 4 is 16.9 Å². The van der Waals surface area contributed by atoms with E-state index in [1.165, 1.54) is 4.57 Å². The molecule has 0 saturated carbocycles. The number of hydrogen-bond acceptors (Lipinski definition) is 4. The molecule has 0 bridgehead atoms. The van der Waals surface area contributed by atoms with Crippen LogP contribution in [0.4, 0.5) is 0 Å². The van der Waals surface area contributed by atoms with Gasteiger partial charge in [0.25, 0.3) is 5.91 Å². The number of H-pyrrole nitrogens is 1. The fraction of sp³-hybridized carbons (Fsp3) is 0.357. The van der Waals surface area contributed by atoms with Crippen LogP contribution in [0.5, 0.6) is 0 Å². The van der Waals surface area contributed by atoms with Crippen LogP contribution in [0.1, 0.15) is 17.3 Å². The molecule has 0 radical (unpaired) electrons. The lowest BCUT2D eigenvalue weighted by Gasteiger charge is -2.09.